The summed E-state index contributed by atoms with van der Waals surface area (Å²) < 4.78 is 10.7. The summed E-state index contributed by atoms with van der Waals surface area (Å²) in [4.78, 5) is 11.4. The lowest BCUT2D eigenvalue weighted by molar-refractivity contribution is 0.101. The first-order chi connectivity index (χ1) is 7.69. The Kier molecular flexibility index (Phi) is 5.19. The highest BCUT2D eigenvalue weighted by Crippen LogP contribution is 2.25. The van der Waals surface area contributed by atoms with Crippen LogP contribution >= 0.6 is 11.8 Å². The number of hydrogen-bond donors (Lipinski definition) is 0. The van der Waals surface area contributed by atoms with Crippen LogP contribution in [0, 0.1) is 0 Å². The molecule has 0 fully saturated rings. The van der Waals surface area contributed by atoms with Gasteiger partial charge in [-0.05, 0) is 25.3 Å². The summed E-state index contributed by atoms with van der Waals surface area (Å²) in [6.07, 6.45) is 2.01. The van der Waals surface area contributed by atoms with Crippen LogP contribution in [0.2, 0.25) is 0 Å². The van der Waals surface area contributed by atoms with Crippen LogP contribution < -0.4 is 9.47 Å². The van der Waals surface area contributed by atoms with Gasteiger partial charge in [0.1, 0.15) is 11.5 Å². The number of rotatable bonds is 6. The molecule has 0 N–H and O–H groups in total. The van der Waals surface area contributed by atoms with Crippen LogP contribution in [0.15, 0.2) is 18.2 Å². The molecule has 3 nitrogen and oxygen atoms in total. The van der Waals surface area contributed by atoms with Gasteiger partial charge in [0.25, 0.3) is 0 Å². The second-order valence-corrected chi connectivity index (χ2v) is 4.25. The Morgan fingerprint density at radius 1 is 1.44 bits per heavy atom. The van der Waals surface area contributed by atoms with Gasteiger partial charge in [0.2, 0.25) is 0 Å². The summed E-state index contributed by atoms with van der Waals surface area (Å²) in [5, 5.41) is 0. The van der Waals surface area contributed by atoms with Crippen molar-refractivity contribution in [2.75, 3.05) is 25.7 Å². The van der Waals surface area contributed by atoms with E-state index in [0.717, 1.165) is 5.75 Å². The lowest BCUT2D eigenvalue weighted by Crippen LogP contribution is -2.04. The zero-order valence-electron chi connectivity index (χ0n) is 9.78. The molecule has 0 amide bonds. The Bertz CT molecular complexity index is 363. The predicted molar refractivity (Wildman–Crippen MR) is 66.9 cm³/mol. The Morgan fingerprint density at radius 2 is 2.19 bits per heavy atom. The van der Waals surface area contributed by atoms with E-state index in [4.69, 9.17) is 9.47 Å². The van der Waals surface area contributed by atoms with Gasteiger partial charge in [0.15, 0.2) is 5.78 Å². The van der Waals surface area contributed by atoms with Crippen molar-refractivity contribution in [1.82, 2.24) is 0 Å². The minimum absolute atomic E-state index is 0.00167. The molecule has 0 bridgehead atoms. The van der Waals surface area contributed by atoms with Gasteiger partial charge in [0, 0.05) is 11.8 Å². The van der Waals surface area contributed by atoms with E-state index in [1.54, 1.807) is 37.1 Å². The average molecular weight is 240 g/mol. The lowest BCUT2D eigenvalue weighted by Gasteiger charge is -2.10. The van der Waals surface area contributed by atoms with E-state index in [1.165, 1.54) is 6.92 Å². The number of carbonyl (C=O) groups is 1. The van der Waals surface area contributed by atoms with E-state index in [1.807, 2.05) is 6.26 Å². The van der Waals surface area contributed by atoms with Gasteiger partial charge in [-0.1, -0.05) is 0 Å². The monoisotopic (exact) mass is 240 g/mol. The quantitative estimate of drug-likeness (QED) is 0.565. The first-order valence-corrected chi connectivity index (χ1v) is 6.39. The van der Waals surface area contributed by atoms with Gasteiger partial charge < -0.3 is 9.47 Å². The molecule has 0 radical (unpaired) electrons. The largest absolute Gasteiger partial charge is 0.497 e. The van der Waals surface area contributed by atoms with Crippen molar-refractivity contribution in [2.45, 2.75) is 6.92 Å². The second kappa shape index (κ2) is 6.43. The Balaban J connectivity index is 2.87. The first kappa shape index (κ1) is 12.9. The van der Waals surface area contributed by atoms with Crippen LogP contribution in [0.1, 0.15) is 17.3 Å². The number of benzene rings is 1. The highest BCUT2D eigenvalue weighted by Gasteiger charge is 2.09. The number of methoxy groups -OCH3 is 1. The molecule has 0 spiro atoms. The Hall–Kier alpha value is -1.16. The molecule has 4 heteroatoms. The number of carbonyl (C=O) groups excluding carboxylic acids is 1. The van der Waals surface area contributed by atoms with Crippen molar-refractivity contribution in [2.24, 2.45) is 0 Å². The normalized spacial score (nSPS) is 9.94. The van der Waals surface area contributed by atoms with Gasteiger partial charge in [-0.3, -0.25) is 4.79 Å². The van der Waals surface area contributed by atoms with E-state index < -0.39 is 0 Å². The second-order valence-electron chi connectivity index (χ2n) is 3.26. The molecule has 1 rings (SSSR count). The minimum atomic E-state index is 0.00167. The van der Waals surface area contributed by atoms with Crippen LogP contribution in [0.4, 0.5) is 0 Å². The first-order valence-electron chi connectivity index (χ1n) is 4.99. The highest BCUT2D eigenvalue weighted by atomic mass is 32.2. The third-order valence-electron chi connectivity index (χ3n) is 2.11. The summed E-state index contributed by atoms with van der Waals surface area (Å²) in [5.74, 6) is 2.20. The molecular formula is C12H16O3S. The Morgan fingerprint density at radius 3 is 2.75 bits per heavy atom. The summed E-state index contributed by atoms with van der Waals surface area (Å²) in [6, 6.07) is 5.24. The molecule has 16 heavy (non-hydrogen) atoms. The van der Waals surface area contributed by atoms with E-state index in [2.05, 4.69) is 0 Å². The number of hydrogen-bond acceptors (Lipinski definition) is 4. The molecule has 0 atom stereocenters. The van der Waals surface area contributed by atoms with Crippen molar-refractivity contribution < 1.29 is 14.3 Å². The molecule has 1 aromatic rings. The lowest BCUT2D eigenvalue weighted by atomic mass is 10.1. The van der Waals surface area contributed by atoms with Gasteiger partial charge in [-0.2, -0.15) is 11.8 Å². The number of thioether (sulfide) groups is 1. The van der Waals surface area contributed by atoms with Crippen molar-refractivity contribution in [3.05, 3.63) is 23.8 Å². The van der Waals surface area contributed by atoms with E-state index in [-0.39, 0.29) is 5.78 Å². The fourth-order valence-corrected chi connectivity index (χ4v) is 1.52. The van der Waals surface area contributed by atoms with E-state index >= 15 is 0 Å². The van der Waals surface area contributed by atoms with Crippen molar-refractivity contribution in [3.8, 4) is 11.5 Å². The maximum Gasteiger partial charge on any atom is 0.163 e. The summed E-state index contributed by atoms with van der Waals surface area (Å²) in [5.41, 5.74) is 0.599. The smallest absolute Gasteiger partial charge is 0.163 e. The number of Topliss-reactive ketones (excluding diaryl/α,β-unsaturated/α-hetero) is 1. The molecule has 1 aromatic carbocycles. The zero-order valence-corrected chi connectivity index (χ0v) is 10.6. The molecule has 0 unspecified atom stereocenters. The predicted octanol–water partition coefficient (Wildman–Crippen LogP) is 2.64. The van der Waals surface area contributed by atoms with Gasteiger partial charge in [0.05, 0.1) is 19.3 Å². The third kappa shape index (κ3) is 3.45. The molecule has 0 heterocycles. The summed E-state index contributed by atoms with van der Waals surface area (Å²) in [6.45, 7) is 2.12. The maximum atomic E-state index is 11.4. The minimum Gasteiger partial charge on any atom is -0.497 e. The third-order valence-corrected chi connectivity index (χ3v) is 2.69. The molecule has 0 aliphatic carbocycles. The summed E-state index contributed by atoms with van der Waals surface area (Å²) in [7, 11) is 1.59. The van der Waals surface area contributed by atoms with Gasteiger partial charge in [-0.15, -0.1) is 0 Å². The molecule has 0 saturated heterocycles. The van der Waals surface area contributed by atoms with Crippen molar-refractivity contribution in [1.29, 1.82) is 0 Å². The highest BCUT2D eigenvalue weighted by molar-refractivity contribution is 7.98. The Labute approximate surface area is 100 Å². The SMILES string of the molecule is COc1ccc(C(C)=O)c(OCCSC)c1. The van der Waals surface area contributed by atoms with Crippen LogP contribution in [0.3, 0.4) is 0 Å². The van der Waals surface area contributed by atoms with Gasteiger partial charge in [-0.25, -0.2) is 0 Å². The van der Waals surface area contributed by atoms with Crippen LogP contribution in [0.25, 0.3) is 0 Å². The van der Waals surface area contributed by atoms with Crippen LogP contribution in [-0.4, -0.2) is 31.5 Å². The maximum absolute atomic E-state index is 11.4. The standard InChI is InChI=1S/C12H16O3S/c1-9(13)11-5-4-10(14-2)8-12(11)15-6-7-16-3/h4-5,8H,6-7H2,1-3H3. The molecule has 0 aromatic heterocycles. The van der Waals surface area contributed by atoms with E-state index in [9.17, 15) is 4.79 Å². The van der Waals surface area contributed by atoms with Crippen LogP contribution in [0.5, 0.6) is 11.5 Å². The molecule has 88 valence electrons. The topological polar surface area (TPSA) is 35.5 Å². The fourth-order valence-electron chi connectivity index (χ4n) is 1.27. The molecule has 0 aliphatic rings. The molecule has 0 aliphatic heterocycles. The number of ether oxygens (including phenoxy) is 2. The molecular weight excluding hydrogens is 224 g/mol. The van der Waals surface area contributed by atoms with Gasteiger partial charge >= 0.3 is 0 Å². The summed E-state index contributed by atoms with van der Waals surface area (Å²) >= 11 is 1.70. The average Bonchev–Trinajstić information content (AvgIpc) is 2.29. The zero-order chi connectivity index (χ0) is 12.0. The number of ketones is 1. The fraction of sp³-hybridized carbons (Fsp3) is 0.417. The van der Waals surface area contributed by atoms with Crippen LogP contribution in [-0.2, 0) is 0 Å². The molecule has 0 saturated carbocycles. The van der Waals surface area contributed by atoms with Crippen molar-refractivity contribution >= 4 is 17.5 Å². The van der Waals surface area contributed by atoms with E-state index in [0.29, 0.717) is 23.7 Å². The van der Waals surface area contributed by atoms with Crippen molar-refractivity contribution in [3.63, 3.8) is 0 Å².